The number of halogens is 1. The molecule has 0 aromatic heterocycles. The van der Waals surface area contributed by atoms with Gasteiger partial charge in [0.25, 0.3) is 0 Å². The Bertz CT molecular complexity index is 356. The molecule has 0 saturated heterocycles. The van der Waals surface area contributed by atoms with Crippen LogP contribution in [0.5, 0.6) is 5.75 Å². The first-order valence-electron chi connectivity index (χ1n) is 6.44. The highest BCUT2D eigenvalue weighted by molar-refractivity contribution is 5.24. The number of rotatable bonds is 2. The van der Waals surface area contributed by atoms with Crippen LogP contribution in [-0.4, -0.2) is 12.1 Å². The summed E-state index contributed by atoms with van der Waals surface area (Å²) in [4.78, 5) is 0. The molecule has 2 unspecified atom stereocenters. The maximum absolute atomic E-state index is 13.5. The second kappa shape index (κ2) is 6.01. The number of hydrogen-bond donors (Lipinski definition) is 1. The predicted molar refractivity (Wildman–Crippen MR) is 66.5 cm³/mol. The maximum atomic E-state index is 13.5. The molecule has 2 nitrogen and oxygen atoms in total. The van der Waals surface area contributed by atoms with Crippen molar-refractivity contribution in [3.8, 4) is 5.75 Å². The summed E-state index contributed by atoms with van der Waals surface area (Å²) in [5, 5.41) is 0. The molecule has 1 fully saturated rings. The monoisotopic (exact) mass is 237 g/mol. The van der Waals surface area contributed by atoms with Crippen LogP contribution in [0.25, 0.3) is 0 Å². The van der Waals surface area contributed by atoms with Crippen molar-refractivity contribution in [3.63, 3.8) is 0 Å². The third-order valence-corrected chi connectivity index (χ3v) is 3.37. The summed E-state index contributed by atoms with van der Waals surface area (Å²) >= 11 is 0. The summed E-state index contributed by atoms with van der Waals surface area (Å²) in [5.74, 6) is 0.0234. The van der Waals surface area contributed by atoms with Crippen LogP contribution in [0.2, 0.25) is 0 Å². The highest BCUT2D eigenvalue weighted by Crippen LogP contribution is 2.23. The predicted octanol–water partition coefficient (Wildman–Crippen LogP) is 3.25. The van der Waals surface area contributed by atoms with Gasteiger partial charge in [0, 0.05) is 6.04 Å². The lowest BCUT2D eigenvalue weighted by atomic mass is 9.95. The fourth-order valence-electron chi connectivity index (χ4n) is 2.33. The Balaban J connectivity index is 2.02. The first-order chi connectivity index (χ1) is 8.27. The normalized spacial score (nSPS) is 26.0. The van der Waals surface area contributed by atoms with Crippen molar-refractivity contribution < 1.29 is 9.13 Å². The molecule has 3 heteroatoms. The van der Waals surface area contributed by atoms with Gasteiger partial charge in [-0.25, -0.2) is 4.39 Å². The van der Waals surface area contributed by atoms with Crippen LogP contribution in [0.1, 0.15) is 38.5 Å². The SMILES string of the molecule is NC1CCCCCCC1Oc1ccccc1F. The van der Waals surface area contributed by atoms with Crippen LogP contribution < -0.4 is 10.5 Å². The molecule has 0 spiro atoms. The Morgan fingerprint density at radius 1 is 1.06 bits per heavy atom. The second-order valence-electron chi connectivity index (χ2n) is 4.74. The van der Waals surface area contributed by atoms with Gasteiger partial charge in [0.2, 0.25) is 0 Å². The molecule has 0 radical (unpaired) electrons. The summed E-state index contributed by atoms with van der Waals surface area (Å²) in [6.45, 7) is 0. The number of para-hydroxylation sites is 1. The summed E-state index contributed by atoms with van der Waals surface area (Å²) in [6, 6.07) is 6.56. The lowest BCUT2D eigenvalue weighted by Crippen LogP contribution is -2.39. The van der Waals surface area contributed by atoms with Crippen LogP contribution in [-0.2, 0) is 0 Å². The lowest BCUT2D eigenvalue weighted by Gasteiger charge is -2.27. The molecule has 2 atom stereocenters. The molecule has 0 bridgehead atoms. The molecular weight excluding hydrogens is 217 g/mol. The molecular formula is C14H20FNO. The number of nitrogens with two attached hydrogens (primary N) is 1. The van der Waals surface area contributed by atoms with E-state index < -0.39 is 0 Å². The number of benzene rings is 1. The smallest absolute Gasteiger partial charge is 0.165 e. The van der Waals surface area contributed by atoms with E-state index in [9.17, 15) is 4.39 Å². The number of ether oxygens (including phenoxy) is 1. The highest BCUT2D eigenvalue weighted by atomic mass is 19.1. The van der Waals surface area contributed by atoms with Gasteiger partial charge in [-0.2, -0.15) is 0 Å². The van der Waals surface area contributed by atoms with Crippen LogP contribution >= 0.6 is 0 Å². The Hall–Kier alpha value is -1.09. The molecule has 1 aliphatic carbocycles. The molecule has 0 amide bonds. The van der Waals surface area contributed by atoms with Gasteiger partial charge in [-0.15, -0.1) is 0 Å². The van der Waals surface area contributed by atoms with Gasteiger partial charge in [-0.1, -0.05) is 31.4 Å². The molecule has 2 rings (SSSR count). The van der Waals surface area contributed by atoms with Crippen molar-refractivity contribution in [1.82, 2.24) is 0 Å². The molecule has 1 saturated carbocycles. The van der Waals surface area contributed by atoms with Gasteiger partial charge < -0.3 is 10.5 Å². The first kappa shape index (κ1) is 12.4. The zero-order valence-electron chi connectivity index (χ0n) is 10.1. The van der Waals surface area contributed by atoms with Crippen molar-refractivity contribution in [1.29, 1.82) is 0 Å². The fraction of sp³-hybridized carbons (Fsp3) is 0.571. The third kappa shape index (κ3) is 3.43. The maximum Gasteiger partial charge on any atom is 0.165 e. The largest absolute Gasteiger partial charge is 0.486 e. The standard InChI is InChI=1S/C14H20FNO/c15-11-7-5-6-9-13(11)17-14-10-4-2-1-3-8-12(14)16/h5-7,9,12,14H,1-4,8,10,16H2. The lowest BCUT2D eigenvalue weighted by molar-refractivity contribution is 0.139. The fourth-order valence-corrected chi connectivity index (χ4v) is 2.33. The van der Waals surface area contributed by atoms with Gasteiger partial charge in [-0.05, 0) is 31.4 Å². The van der Waals surface area contributed by atoms with Gasteiger partial charge >= 0.3 is 0 Å². The summed E-state index contributed by atoms with van der Waals surface area (Å²) < 4.78 is 19.2. The summed E-state index contributed by atoms with van der Waals surface area (Å²) in [5.41, 5.74) is 6.10. The zero-order chi connectivity index (χ0) is 12.1. The molecule has 94 valence electrons. The van der Waals surface area contributed by atoms with Crippen molar-refractivity contribution in [2.75, 3.05) is 0 Å². The van der Waals surface area contributed by atoms with E-state index in [-0.39, 0.29) is 18.0 Å². The van der Waals surface area contributed by atoms with Crippen molar-refractivity contribution >= 4 is 0 Å². The van der Waals surface area contributed by atoms with Gasteiger partial charge in [0.1, 0.15) is 6.10 Å². The average Bonchev–Trinajstić information content (AvgIpc) is 2.31. The van der Waals surface area contributed by atoms with E-state index >= 15 is 0 Å². The van der Waals surface area contributed by atoms with Crippen LogP contribution in [0.3, 0.4) is 0 Å². The van der Waals surface area contributed by atoms with Crippen LogP contribution in [0.15, 0.2) is 24.3 Å². The van der Waals surface area contributed by atoms with E-state index in [1.165, 1.54) is 18.9 Å². The Kier molecular flexibility index (Phi) is 4.37. The van der Waals surface area contributed by atoms with E-state index in [0.29, 0.717) is 5.75 Å². The van der Waals surface area contributed by atoms with Crippen molar-refractivity contribution in [2.45, 2.75) is 50.7 Å². The molecule has 0 aliphatic heterocycles. The average molecular weight is 237 g/mol. The second-order valence-corrected chi connectivity index (χ2v) is 4.74. The van der Waals surface area contributed by atoms with Crippen LogP contribution in [0.4, 0.5) is 4.39 Å². The quantitative estimate of drug-likeness (QED) is 0.857. The molecule has 17 heavy (non-hydrogen) atoms. The minimum absolute atomic E-state index is 0.0231. The molecule has 1 aliphatic rings. The topological polar surface area (TPSA) is 35.2 Å². The number of hydrogen-bond acceptors (Lipinski definition) is 2. The van der Waals surface area contributed by atoms with Gasteiger partial charge in [0.05, 0.1) is 0 Å². The van der Waals surface area contributed by atoms with Crippen LogP contribution in [0, 0.1) is 5.82 Å². The van der Waals surface area contributed by atoms with Gasteiger partial charge in [0.15, 0.2) is 11.6 Å². The van der Waals surface area contributed by atoms with E-state index in [0.717, 1.165) is 25.7 Å². The Morgan fingerprint density at radius 3 is 2.53 bits per heavy atom. The molecule has 0 heterocycles. The van der Waals surface area contributed by atoms with E-state index in [2.05, 4.69) is 0 Å². The molecule has 1 aromatic carbocycles. The Labute approximate surface area is 102 Å². The first-order valence-corrected chi connectivity index (χ1v) is 6.44. The molecule has 2 N–H and O–H groups in total. The third-order valence-electron chi connectivity index (χ3n) is 3.37. The summed E-state index contributed by atoms with van der Waals surface area (Å²) in [7, 11) is 0. The van der Waals surface area contributed by atoms with E-state index in [1.807, 2.05) is 0 Å². The van der Waals surface area contributed by atoms with Gasteiger partial charge in [-0.3, -0.25) is 0 Å². The van der Waals surface area contributed by atoms with E-state index in [1.54, 1.807) is 18.2 Å². The van der Waals surface area contributed by atoms with Crippen molar-refractivity contribution in [2.24, 2.45) is 5.73 Å². The summed E-state index contributed by atoms with van der Waals surface area (Å²) in [6.07, 6.45) is 6.59. The minimum Gasteiger partial charge on any atom is -0.486 e. The minimum atomic E-state index is -0.304. The Morgan fingerprint density at radius 2 is 1.76 bits per heavy atom. The van der Waals surface area contributed by atoms with E-state index in [4.69, 9.17) is 10.5 Å². The highest BCUT2D eigenvalue weighted by Gasteiger charge is 2.21. The molecule has 1 aromatic rings. The zero-order valence-corrected chi connectivity index (χ0v) is 10.1. The van der Waals surface area contributed by atoms with Crippen molar-refractivity contribution in [3.05, 3.63) is 30.1 Å².